The van der Waals surface area contributed by atoms with Crippen molar-refractivity contribution >= 4 is 28.8 Å². The standard InChI is InChI=1S/C29H32N4O4/c1-3-15-31-28(34)37-23-13-14-24-25(17-30)27(33(26(24)16-23)22-5-4-6-22)20-9-11-21(12-10-20)32-29(35)36-18(2)19-7-8-19/h9-14,16,18-19,22H,3-8,15H2,1-2H3,(H,31,34)(H,32,35). The summed E-state index contributed by atoms with van der Waals surface area (Å²) < 4.78 is 13.2. The number of nitrogens with one attached hydrogen (secondary N) is 2. The summed E-state index contributed by atoms with van der Waals surface area (Å²) in [6.45, 7) is 4.45. The van der Waals surface area contributed by atoms with Gasteiger partial charge in [-0.2, -0.15) is 5.26 Å². The molecule has 0 radical (unpaired) electrons. The van der Waals surface area contributed by atoms with Crippen LogP contribution in [0.4, 0.5) is 15.3 Å². The molecule has 1 heterocycles. The van der Waals surface area contributed by atoms with Crippen molar-refractivity contribution in [1.82, 2.24) is 9.88 Å². The van der Waals surface area contributed by atoms with Crippen molar-refractivity contribution < 1.29 is 19.1 Å². The van der Waals surface area contributed by atoms with Crippen molar-refractivity contribution in [2.24, 2.45) is 5.92 Å². The van der Waals surface area contributed by atoms with Gasteiger partial charge in [0.1, 0.15) is 17.9 Å². The molecule has 1 atom stereocenters. The lowest BCUT2D eigenvalue weighted by molar-refractivity contribution is 0.108. The highest BCUT2D eigenvalue weighted by Gasteiger charge is 2.31. The number of ether oxygens (including phenoxy) is 2. The third-order valence-electron chi connectivity index (χ3n) is 7.24. The van der Waals surface area contributed by atoms with Gasteiger partial charge in [-0.3, -0.25) is 5.32 Å². The second kappa shape index (κ2) is 10.6. The van der Waals surface area contributed by atoms with Crippen LogP contribution in [-0.2, 0) is 4.74 Å². The van der Waals surface area contributed by atoms with Crippen LogP contribution in [0.2, 0.25) is 0 Å². The Bertz CT molecular complexity index is 1350. The molecule has 0 spiro atoms. The molecule has 5 rings (SSSR count). The van der Waals surface area contributed by atoms with Crippen LogP contribution in [0.5, 0.6) is 5.75 Å². The van der Waals surface area contributed by atoms with Crippen LogP contribution in [0.15, 0.2) is 42.5 Å². The number of carbonyl (C=O) groups is 2. The first kappa shape index (κ1) is 24.7. The smallest absolute Gasteiger partial charge is 0.412 e. The van der Waals surface area contributed by atoms with Gasteiger partial charge < -0.3 is 19.4 Å². The summed E-state index contributed by atoms with van der Waals surface area (Å²) in [4.78, 5) is 24.4. The average Bonchev–Trinajstić information content (AvgIpc) is 3.66. The van der Waals surface area contributed by atoms with Gasteiger partial charge in [0.2, 0.25) is 0 Å². The maximum absolute atomic E-state index is 12.3. The average molecular weight is 501 g/mol. The van der Waals surface area contributed by atoms with E-state index in [4.69, 9.17) is 9.47 Å². The maximum atomic E-state index is 12.3. The normalized spacial score (nSPS) is 15.9. The Morgan fingerprint density at radius 3 is 2.49 bits per heavy atom. The highest BCUT2D eigenvalue weighted by atomic mass is 16.6. The number of hydrogen-bond donors (Lipinski definition) is 2. The molecule has 2 fully saturated rings. The zero-order chi connectivity index (χ0) is 25.9. The quantitative estimate of drug-likeness (QED) is 0.356. The summed E-state index contributed by atoms with van der Waals surface area (Å²) in [5, 5.41) is 16.5. The predicted octanol–water partition coefficient (Wildman–Crippen LogP) is 6.75. The van der Waals surface area contributed by atoms with Crippen molar-refractivity contribution in [3.63, 3.8) is 0 Å². The minimum absolute atomic E-state index is 0.0813. The van der Waals surface area contributed by atoms with Crippen molar-refractivity contribution in [1.29, 1.82) is 5.26 Å². The molecule has 3 aromatic rings. The van der Waals surface area contributed by atoms with Gasteiger partial charge in [0.25, 0.3) is 0 Å². The first-order chi connectivity index (χ1) is 18.0. The molecule has 1 unspecified atom stereocenters. The molecule has 2 amide bonds. The van der Waals surface area contributed by atoms with Gasteiger partial charge in [0, 0.05) is 29.7 Å². The SMILES string of the molecule is CCCNC(=O)Oc1ccc2c(C#N)c(-c3ccc(NC(=O)OC(C)C4CC4)cc3)n(C3CCC3)c2c1. The molecular formula is C29H32N4O4. The van der Waals surface area contributed by atoms with Crippen LogP contribution in [-0.4, -0.2) is 29.4 Å². The van der Waals surface area contributed by atoms with Gasteiger partial charge in [-0.15, -0.1) is 0 Å². The number of carbonyl (C=O) groups excluding carboxylic acids is 2. The van der Waals surface area contributed by atoms with Crippen LogP contribution >= 0.6 is 0 Å². The number of hydrogen-bond acceptors (Lipinski definition) is 5. The fourth-order valence-electron chi connectivity index (χ4n) is 4.83. The van der Waals surface area contributed by atoms with Gasteiger partial charge in [-0.25, -0.2) is 9.59 Å². The van der Waals surface area contributed by atoms with Gasteiger partial charge in [0.15, 0.2) is 0 Å². The second-order valence-electron chi connectivity index (χ2n) is 9.94. The molecule has 2 aliphatic rings. The summed E-state index contributed by atoms with van der Waals surface area (Å²) >= 11 is 0. The Balaban J connectivity index is 1.45. The van der Waals surface area contributed by atoms with Crippen molar-refractivity contribution in [3.05, 3.63) is 48.0 Å². The van der Waals surface area contributed by atoms with E-state index in [9.17, 15) is 14.9 Å². The van der Waals surface area contributed by atoms with E-state index in [1.54, 1.807) is 6.07 Å². The molecule has 0 bridgehead atoms. The third-order valence-corrected chi connectivity index (χ3v) is 7.24. The molecule has 192 valence electrons. The first-order valence-corrected chi connectivity index (χ1v) is 13.1. The summed E-state index contributed by atoms with van der Waals surface area (Å²) in [5.41, 5.74) is 3.81. The van der Waals surface area contributed by atoms with Crippen molar-refractivity contribution in [2.75, 3.05) is 11.9 Å². The second-order valence-corrected chi connectivity index (χ2v) is 9.94. The van der Waals surface area contributed by atoms with Gasteiger partial charge >= 0.3 is 12.2 Å². The molecule has 0 saturated heterocycles. The zero-order valence-electron chi connectivity index (χ0n) is 21.3. The minimum atomic E-state index is -0.489. The Kier molecular flexibility index (Phi) is 7.04. The Labute approximate surface area is 216 Å². The molecule has 8 nitrogen and oxygen atoms in total. The van der Waals surface area contributed by atoms with Crippen LogP contribution in [0.25, 0.3) is 22.2 Å². The van der Waals surface area contributed by atoms with E-state index in [1.807, 2.05) is 50.2 Å². The van der Waals surface area contributed by atoms with Crippen LogP contribution in [0.1, 0.15) is 64.0 Å². The van der Waals surface area contributed by atoms with Crippen LogP contribution < -0.4 is 15.4 Å². The Morgan fingerprint density at radius 2 is 1.86 bits per heavy atom. The van der Waals surface area contributed by atoms with Crippen LogP contribution in [0.3, 0.4) is 0 Å². The number of aromatic nitrogens is 1. The third kappa shape index (κ3) is 5.26. The Morgan fingerprint density at radius 1 is 1.11 bits per heavy atom. The first-order valence-electron chi connectivity index (χ1n) is 13.1. The monoisotopic (exact) mass is 500 g/mol. The number of rotatable bonds is 8. The molecule has 2 saturated carbocycles. The fraction of sp³-hybridized carbons (Fsp3) is 0.414. The number of benzene rings is 2. The van der Waals surface area contributed by atoms with E-state index in [2.05, 4.69) is 21.3 Å². The van der Waals surface area contributed by atoms with Crippen LogP contribution in [0, 0.1) is 17.2 Å². The summed E-state index contributed by atoms with van der Waals surface area (Å²) in [6.07, 6.45) is 5.19. The zero-order valence-corrected chi connectivity index (χ0v) is 21.3. The predicted molar refractivity (Wildman–Crippen MR) is 142 cm³/mol. The number of fused-ring (bicyclic) bond motifs is 1. The summed E-state index contributed by atoms with van der Waals surface area (Å²) in [7, 11) is 0. The van der Waals surface area contributed by atoms with E-state index >= 15 is 0 Å². The van der Waals surface area contributed by atoms with Gasteiger partial charge in [0.05, 0.1) is 16.8 Å². The van der Waals surface area contributed by atoms with E-state index in [-0.39, 0.29) is 12.1 Å². The minimum Gasteiger partial charge on any atom is -0.446 e. The number of anilines is 1. The largest absolute Gasteiger partial charge is 0.446 e. The number of nitriles is 1. The van der Waals surface area contributed by atoms with E-state index in [0.717, 1.165) is 60.7 Å². The highest BCUT2D eigenvalue weighted by Crippen LogP contribution is 2.43. The van der Waals surface area contributed by atoms with Gasteiger partial charge in [-0.05, 0) is 81.2 Å². The van der Waals surface area contributed by atoms with E-state index in [1.165, 1.54) is 0 Å². The maximum Gasteiger partial charge on any atom is 0.412 e. The van der Waals surface area contributed by atoms with E-state index in [0.29, 0.717) is 29.5 Å². The van der Waals surface area contributed by atoms with E-state index < -0.39 is 12.2 Å². The van der Waals surface area contributed by atoms with Gasteiger partial charge in [-0.1, -0.05) is 19.1 Å². The lowest BCUT2D eigenvalue weighted by Crippen LogP contribution is -2.27. The summed E-state index contributed by atoms with van der Waals surface area (Å²) in [5.74, 6) is 0.913. The van der Waals surface area contributed by atoms with Crippen molar-refractivity contribution in [3.8, 4) is 23.1 Å². The highest BCUT2D eigenvalue weighted by molar-refractivity contribution is 5.96. The lowest BCUT2D eigenvalue weighted by Gasteiger charge is -2.30. The topological polar surface area (TPSA) is 105 Å². The fourth-order valence-corrected chi connectivity index (χ4v) is 4.83. The Hall–Kier alpha value is -3.99. The molecule has 0 aliphatic heterocycles. The van der Waals surface area contributed by atoms with Crippen molar-refractivity contribution in [2.45, 2.75) is 64.5 Å². The molecule has 8 heteroatoms. The summed E-state index contributed by atoms with van der Waals surface area (Å²) in [6, 6.07) is 15.6. The molecule has 1 aromatic heterocycles. The lowest BCUT2D eigenvalue weighted by atomic mass is 9.92. The molecule has 2 N–H and O–H groups in total. The number of amides is 2. The molecule has 2 aromatic carbocycles. The molecule has 37 heavy (non-hydrogen) atoms. The number of nitrogens with zero attached hydrogens (tertiary/aromatic N) is 2. The molecule has 2 aliphatic carbocycles. The molecular weight excluding hydrogens is 468 g/mol.